The van der Waals surface area contributed by atoms with Crippen molar-refractivity contribution in [3.63, 3.8) is 0 Å². The van der Waals surface area contributed by atoms with Gasteiger partial charge in [-0.25, -0.2) is 9.07 Å². The molecule has 2 rings (SSSR count). The molecule has 0 fully saturated rings. The molecule has 72 valence electrons. The number of rotatable bonds is 2. The average molecular weight is 255 g/mol. The maximum absolute atomic E-state index is 12.9. The zero-order valence-electron chi connectivity index (χ0n) is 7.32. The van der Waals surface area contributed by atoms with Gasteiger partial charge in [0.05, 0.1) is 11.4 Å². The molecule has 2 nitrogen and oxygen atoms in total. The molecule has 0 radical (unpaired) electrons. The lowest BCUT2D eigenvalue weighted by atomic mass is 10.3. The smallest absolute Gasteiger partial charge is 0.125 e. The Balaban J connectivity index is 2.39. The van der Waals surface area contributed by atoms with E-state index in [1.165, 1.54) is 12.1 Å². The summed E-state index contributed by atoms with van der Waals surface area (Å²) in [5.41, 5.74) is 1.66. The molecule has 0 spiro atoms. The van der Waals surface area contributed by atoms with Gasteiger partial charge in [0.1, 0.15) is 5.82 Å². The number of alkyl halides is 1. The second-order valence-electron chi connectivity index (χ2n) is 2.87. The maximum Gasteiger partial charge on any atom is 0.125 e. The zero-order valence-corrected chi connectivity index (χ0v) is 8.91. The Bertz CT molecular complexity index is 439. The van der Waals surface area contributed by atoms with Gasteiger partial charge in [0.15, 0.2) is 0 Å². The molecule has 1 aromatic heterocycles. The van der Waals surface area contributed by atoms with Crippen LogP contribution in [0.4, 0.5) is 4.39 Å². The van der Waals surface area contributed by atoms with Crippen molar-refractivity contribution in [1.82, 2.24) is 9.78 Å². The minimum atomic E-state index is -0.251. The molecule has 0 N–H and O–H groups in total. The Morgan fingerprint density at radius 3 is 2.86 bits per heavy atom. The van der Waals surface area contributed by atoms with Crippen molar-refractivity contribution in [2.75, 3.05) is 0 Å². The standard InChI is InChI=1S/C10H8BrFN2/c11-7-9-4-5-14(13-9)10-3-1-2-8(12)6-10/h1-6H,7H2. The van der Waals surface area contributed by atoms with Crippen LogP contribution in [-0.2, 0) is 5.33 Å². The molecular weight excluding hydrogens is 247 g/mol. The Morgan fingerprint density at radius 1 is 1.36 bits per heavy atom. The van der Waals surface area contributed by atoms with E-state index in [4.69, 9.17) is 0 Å². The van der Waals surface area contributed by atoms with Crippen molar-refractivity contribution in [3.8, 4) is 5.69 Å². The Hall–Kier alpha value is -1.16. The molecule has 4 heteroatoms. The lowest BCUT2D eigenvalue weighted by Crippen LogP contribution is -1.95. The van der Waals surface area contributed by atoms with E-state index in [1.807, 2.05) is 18.3 Å². The summed E-state index contributed by atoms with van der Waals surface area (Å²) in [6, 6.07) is 8.23. The van der Waals surface area contributed by atoms with Crippen molar-refractivity contribution in [2.24, 2.45) is 0 Å². The maximum atomic E-state index is 12.9. The monoisotopic (exact) mass is 254 g/mol. The zero-order chi connectivity index (χ0) is 9.97. The topological polar surface area (TPSA) is 17.8 Å². The lowest BCUT2D eigenvalue weighted by Gasteiger charge is -2.00. The number of hydrogen-bond donors (Lipinski definition) is 0. The predicted octanol–water partition coefficient (Wildman–Crippen LogP) is 2.91. The third-order valence-electron chi connectivity index (χ3n) is 1.85. The second-order valence-corrected chi connectivity index (χ2v) is 3.43. The molecule has 0 aliphatic carbocycles. The Kier molecular flexibility index (Phi) is 2.63. The minimum absolute atomic E-state index is 0.251. The van der Waals surface area contributed by atoms with Crippen LogP contribution in [0.15, 0.2) is 36.5 Å². The summed E-state index contributed by atoms with van der Waals surface area (Å²) in [4.78, 5) is 0. The third kappa shape index (κ3) is 1.85. The molecule has 0 unspecified atom stereocenters. The van der Waals surface area contributed by atoms with E-state index in [2.05, 4.69) is 21.0 Å². The molecule has 2 aromatic rings. The summed E-state index contributed by atoms with van der Waals surface area (Å²) in [5, 5.41) is 4.95. The van der Waals surface area contributed by atoms with Gasteiger partial charge in [-0.3, -0.25) is 0 Å². The molecule has 0 atom stereocenters. The highest BCUT2D eigenvalue weighted by atomic mass is 79.9. The molecule has 0 bridgehead atoms. The highest BCUT2D eigenvalue weighted by Crippen LogP contribution is 2.10. The minimum Gasteiger partial charge on any atom is -0.241 e. The lowest BCUT2D eigenvalue weighted by molar-refractivity contribution is 0.625. The van der Waals surface area contributed by atoms with Crippen molar-refractivity contribution in [3.05, 3.63) is 48.0 Å². The van der Waals surface area contributed by atoms with Gasteiger partial charge in [0.2, 0.25) is 0 Å². The van der Waals surface area contributed by atoms with Crippen LogP contribution in [-0.4, -0.2) is 9.78 Å². The van der Waals surface area contributed by atoms with Crippen LogP contribution in [0, 0.1) is 5.82 Å². The summed E-state index contributed by atoms with van der Waals surface area (Å²) in [6.07, 6.45) is 1.81. The molecular formula is C10H8BrFN2. The summed E-state index contributed by atoms with van der Waals surface area (Å²) in [6.45, 7) is 0. The molecule has 0 saturated carbocycles. The van der Waals surface area contributed by atoms with Gasteiger partial charge >= 0.3 is 0 Å². The molecule has 0 aliphatic heterocycles. The van der Waals surface area contributed by atoms with Crippen molar-refractivity contribution >= 4 is 15.9 Å². The summed E-state index contributed by atoms with van der Waals surface area (Å²) in [7, 11) is 0. The van der Waals surface area contributed by atoms with E-state index in [1.54, 1.807) is 10.7 Å². The molecule has 1 aromatic carbocycles. The summed E-state index contributed by atoms with van der Waals surface area (Å²) < 4.78 is 14.5. The van der Waals surface area contributed by atoms with E-state index >= 15 is 0 Å². The van der Waals surface area contributed by atoms with Crippen molar-refractivity contribution in [1.29, 1.82) is 0 Å². The number of benzene rings is 1. The van der Waals surface area contributed by atoms with Gasteiger partial charge in [-0.1, -0.05) is 22.0 Å². The Labute approximate surface area is 89.5 Å². The van der Waals surface area contributed by atoms with E-state index in [0.717, 1.165) is 11.4 Å². The normalized spacial score (nSPS) is 10.4. The van der Waals surface area contributed by atoms with E-state index in [0.29, 0.717) is 5.33 Å². The first kappa shape index (κ1) is 9.40. The van der Waals surface area contributed by atoms with E-state index in [9.17, 15) is 4.39 Å². The Morgan fingerprint density at radius 2 is 2.21 bits per heavy atom. The van der Waals surface area contributed by atoms with Gasteiger partial charge in [-0.05, 0) is 24.3 Å². The third-order valence-corrected chi connectivity index (χ3v) is 2.43. The van der Waals surface area contributed by atoms with Gasteiger partial charge in [-0.15, -0.1) is 0 Å². The van der Waals surface area contributed by atoms with Crippen LogP contribution in [0.2, 0.25) is 0 Å². The summed E-state index contributed by atoms with van der Waals surface area (Å²) in [5.74, 6) is -0.251. The SMILES string of the molecule is Fc1cccc(-n2ccc(CBr)n2)c1. The van der Waals surface area contributed by atoms with Gasteiger partial charge in [0, 0.05) is 11.5 Å². The largest absolute Gasteiger partial charge is 0.241 e. The van der Waals surface area contributed by atoms with Gasteiger partial charge < -0.3 is 0 Å². The van der Waals surface area contributed by atoms with Gasteiger partial charge in [0.25, 0.3) is 0 Å². The van der Waals surface area contributed by atoms with E-state index in [-0.39, 0.29) is 5.82 Å². The summed E-state index contributed by atoms with van der Waals surface area (Å²) >= 11 is 3.31. The first-order chi connectivity index (χ1) is 6.79. The molecule has 1 heterocycles. The highest BCUT2D eigenvalue weighted by Gasteiger charge is 2.00. The van der Waals surface area contributed by atoms with Crippen molar-refractivity contribution < 1.29 is 4.39 Å². The number of halogens is 2. The van der Waals surface area contributed by atoms with E-state index < -0.39 is 0 Å². The van der Waals surface area contributed by atoms with Gasteiger partial charge in [-0.2, -0.15) is 5.10 Å². The van der Waals surface area contributed by atoms with Crippen LogP contribution in [0.1, 0.15) is 5.69 Å². The van der Waals surface area contributed by atoms with Crippen molar-refractivity contribution in [2.45, 2.75) is 5.33 Å². The predicted molar refractivity (Wildman–Crippen MR) is 56.2 cm³/mol. The highest BCUT2D eigenvalue weighted by molar-refractivity contribution is 9.08. The molecule has 0 aliphatic rings. The van der Waals surface area contributed by atoms with Crippen LogP contribution in [0.25, 0.3) is 5.69 Å². The first-order valence-corrected chi connectivity index (χ1v) is 5.28. The fourth-order valence-electron chi connectivity index (χ4n) is 1.20. The fourth-order valence-corrected chi connectivity index (χ4v) is 1.49. The van der Waals surface area contributed by atoms with Crippen LogP contribution >= 0.6 is 15.9 Å². The first-order valence-electron chi connectivity index (χ1n) is 4.16. The number of nitrogens with zero attached hydrogens (tertiary/aromatic N) is 2. The molecule has 14 heavy (non-hydrogen) atoms. The van der Waals surface area contributed by atoms with Crippen LogP contribution < -0.4 is 0 Å². The number of hydrogen-bond acceptors (Lipinski definition) is 1. The van der Waals surface area contributed by atoms with Crippen LogP contribution in [0.5, 0.6) is 0 Å². The quantitative estimate of drug-likeness (QED) is 0.754. The number of aromatic nitrogens is 2. The average Bonchev–Trinajstić information content (AvgIpc) is 2.66. The molecule has 0 saturated heterocycles. The fraction of sp³-hybridized carbons (Fsp3) is 0.100. The van der Waals surface area contributed by atoms with Crippen LogP contribution in [0.3, 0.4) is 0 Å². The second kappa shape index (κ2) is 3.92. The molecule has 0 amide bonds.